The third kappa shape index (κ3) is 2.69. The summed E-state index contributed by atoms with van der Waals surface area (Å²) in [6.07, 6.45) is 0. The fourth-order valence-corrected chi connectivity index (χ4v) is 2.81. The largest absolute Gasteiger partial charge is 0.384 e. The van der Waals surface area contributed by atoms with Crippen LogP contribution >= 0.6 is 0 Å². The molecule has 0 saturated carbocycles. The fraction of sp³-hybridized carbons (Fsp3) is 0.0769. The lowest BCUT2D eigenvalue weighted by Crippen LogP contribution is -2.05. The molecule has 3 N–H and O–H groups in total. The Morgan fingerprint density at radius 3 is 2.39 bits per heavy atom. The predicted octanol–water partition coefficient (Wildman–Crippen LogP) is 3.24. The first-order valence-electron chi connectivity index (χ1n) is 5.08. The van der Waals surface area contributed by atoms with Crippen LogP contribution in [0.2, 0.25) is 0 Å². The maximum atomic E-state index is 12.0. The van der Waals surface area contributed by atoms with Crippen LogP contribution in [-0.4, -0.2) is 8.42 Å². The van der Waals surface area contributed by atoms with Gasteiger partial charge in [0.05, 0.1) is 0 Å². The third-order valence-corrected chi connectivity index (χ3v) is 3.67. The maximum absolute atomic E-state index is 12.0. The zero-order valence-electron chi connectivity index (χ0n) is 10.1. The zero-order chi connectivity index (χ0) is 12.5. The van der Waals surface area contributed by atoms with E-state index in [0.717, 1.165) is 5.39 Å². The summed E-state index contributed by atoms with van der Waals surface area (Å²) in [7, 11) is -3.79. The molecule has 0 heterocycles. The Bertz CT molecular complexity index is 672. The smallest absolute Gasteiger partial charge is 0.339 e. The van der Waals surface area contributed by atoms with Gasteiger partial charge in [0.25, 0.3) is 0 Å². The van der Waals surface area contributed by atoms with Crippen LogP contribution in [0, 0.1) is 0 Å². The molecule has 0 saturated heterocycles. The van der Waals surface area contributed by atoms with Gasteiger partial charge in [0, 0.05) is 5.39 Å². The zero-order valence-corrected chi connectivity index (χ0v) is 10.9. The minimum absolute atomic E-state index is 0. The normalized spacial score (nSPS) is 10.7. The van der Waals surface area contributed by atoms with Crippen LogP contribution in [0.5, 0.6) is 0 Å². The van der Waals surface area contributed by atoms with Crippen LogP contribution in [0.4, 0.5) is 0 Å². The molecule has 0 unspecified atom stereocenters. The Labute approximate surface area is 107 Å². The minimum atomic E-state index is -3.79. The van der Waals surface area contributed by atoms with Crippen molar-refractivity contribution in [3.8, 4) is 0 Å². The Hall–Kier alpha value is -1.85. The van der Waals surface area contributed by atoms with E-state index in [-0.39, 0.29) is 16.8 Å². The highest BCUT2D eigenvalue weighted by Crippen LogP contribution is 2.25. The lowest BCUT2D eigenvalue weighted by atomic mass is 10.1. The number of rotatable bonds is 3. The number of fused-ring (bicyclic) bond motifs is 1. The molecule has 0 spiro atoms. The van der Waals surface area contributed by atoms with Crippen LogP contribution < -0.4 is 6.15 Å². The van der Waals surface area contributed by atoms with Crippen molar-refractivity contribution in [2.45, 2.75) is 11.8 Å². The molecule has 2 aromatic rings. The number of benzene rings is 2. The van der Waals surface area contributed by atoms with Crippen LogP contribution in [0.15, 0.2) is 59.7 Å². The highest BCUT2D eigenvalue weighted by molar-refractivity contribution is 7.87. The molecule has 0 aliphatic rings. The van der Waals surface area contributed by atoms with Crippen molar-refractivity contribution in [3.05, 3.63) is 54.8 Å². The average molecular weight is 265 g/mol. The summed E-state index contributed by atoms with van der Waals surface area (Å²) in [6, 6.07) is 12.3. The van der Waals surface area contributed by atoms with Crippen molar-refractivity contribution in [1.82, 2.24) is 6.15 Å². The molecular formula is C13H15NO3S. The predicted molar refractivity (Wildman–Crippen MR) is 72.1 cm³/mol. The van der Waals surface area contributed by atoms with Crippen LogP contribution in [-0.2, 0) is 14.3 Å². The van der Waals surface area contributed by atoms with Gasteiger partial charge in [-0.2, -0.15) is 8.42 Å². The summed E-state index contributed by atoms with van der Waals surface area (Å²) in [5.74, 6) is 0.151. The molecule has 5 heteroatoms. The van der Waals surface area contributed by atoms with Crippen molar-refractivity contribution in [2.24, 2.45) is 0 Å². The van der Waals surface area contributed by atoms with Gasteiger partial charge in [-0.1, -0.05) is 43.0 Å². The van der Waals surface area contributed by atoms with E-state index in [9.17, 15) is 8.42 Å². The van der Waals surface area contributed by atoms with Gasteiger partial charge in [0.15, 0.2) is 0 Å². The number of hydrogen-bond acceptors (Lipinski definition) is 4. The van der Waals surface area contributed by atoms with E-state index in [1.807, 2.05) is 18.2 Å². The quantitative estimate of drug-likeness (QED) is 0.682. The van der Waals surface area contributed by atoms with Crippen LogP contribution in [0.1, 0.15) is 6.92 Å². The van der Waals surface area contributed by atoms with Gasteiger partial charge in [0.2, 0.25) is 0 Å². The summed E-state index contributed by atoms with van der Waals surface area (Å²) < 4.78 is 28.8. The molecule has 0 aliphatic carbocycles. The fourth-order valence-electron chi connectivity index (χ4n) is 1.65. The van der Waals surface area contributed by atoms with Gasteiger partial charge >= 0.3 is 10.1 Å². The third-order valence-electron chi connectivity index (χ3n) is 2.27. The van der Waals surface area contributed by atoms with E-state index >= 15 is 0 Å². The maximum Gasteiger partial charge on any atom is 0.339 e. The second-order valence-electron chi connectivity index (χ2n) is 3.72. The molecule has 96 valence electrons. The monoisotopic (exact) mass is 265 g/mol. The summed E-state index contributed by atoms with van der Waals surface area (Å²) >= 11 is 0. The molecule has 0 amide bonds. The molecule has 0 radical (unpaired) electrons. The van der Waals surface area contributed by atoms with E-state index < -0.39 is 10.1 Å². The number of hydrogen-bond donors (Lipinski definition) is 1. The molecule has 18 heavy (non-hydrogen) atoms. The van der Waals surface area contributed by atoms with Gasteiger partial charge in [-0.25, -0.2) is 0 Å². The van der Waals surface area contributed by atoms with Crippen molar-refractivity contribution in [3.63, 3.8) is 0 Å². The highest BCUT2D eigenvalue weighted by Gasteiger charge is 2.18. The van der Waals surface area contributed by atoms with Crippen molar-refractivity contribution in [2.75, 3.05) is 0 Å². The van der Waals surface area contributed by atoms with E-state index in [0.29, 0.717) is 5.39 Å². The molecule has 0 bridgehead atoms. The standard InChI is InChI=1S/C13H12O3S.H3N/c1-10(2)16-17(14,15)13-9-5-7-11-6-3-4-8-12(11)13;/h3-9H,1H2,2H3;1H3. The average Bonchev–Trinajstić information content (AvgIpc) is 2.26. The van der Waals surface area contributed by atoms with E-state index in [1.165, 1.54) is 13.0 Å². The topological polar surface area (TPSA) is 78.4 Å². The molecule has 0 aliphatic heterocycles. The molecular weight excluding hydrogens is 250 g/mol. The van der Waals surface area contributed by atoms with E-state index in [4.69, 9.17) is 4.18 Å². The summed E-state index contributed by atoms with van der Waals surface area (Å²) in [4.78, 5) is 0.165. The van der Waals surface area contributed by atoms with Gasteiger partial charge in [-0.3, -0.25) is 0 Å². The molecule has 2 rings (SSSR count). The first-order valence-corrected chi connectivity index (χ1v) is 6.49. The minimum Gasteiger partial charge on any atom is -0.384 e. The highest BCUT2D eigenvalue weighted by atomic mass is 32.2. The molecule has 0 fully saturated rings. The molecule has 2 aromatic carbocycles. The molecule has 0 aromatic heterocycles. The lowest BCUT2D eigenvalue weighted by molar-refractivity contribution is 0.411. The van der Waals surface area contributed by atoms with E-state index in [1.54, 1.807) is 18.2 Å². The van der Waals surface area contributed by atoms with Gasteiger partial charge < -0.3 is 10.3 Å². The second kappa shape index (κ2) is 5.20. The van der Waals surface area contributed by atoms with Crippen LogP contribution in [0.3, 0.4) is 0 Å². The summed E-state index contributed by atoms with van der Waals surface area (Å²) in [6.45, 7) is 4.95. The first-order chi connectivity index (χ1) is 8.00. The SMILES string of the molecule is C=C(C)OS(=O)(=O)c1cccc2ccccc12.N. The Balaban J connectivity index is 0.00000162. The van der Waals surface area contributed by atoms with Crippen LogP contribution in [0.25, 0.3) is 10.8 Å². The Kier molecular flexibility index (Phi) is 4.11. The van der Waals surface area contributed by atoms with E-state index in [2.05, 4.69) is 6.58 Å². The number of allylic oxidation sites excluding steroid dienone is 1. The summed E-state index contributed by atoms with van der Waals surface area (Å²) in [5, 5.41) is 1.51. The summed E-state index contributed by atoms with van der Waals surface area (Å²) in [5.41, 5.74) is 0. The Morgan fingerprint density at radius 2 is 1.72 bits per heavy atom. The lowest BCUT2D eigenvalue weighted by Gasteiger charge is -2.08. The van der Waals surface area contributed by atoms with Gasteiger partial charge in [0.1, 0.15) is 10.7 Å². The van der Waals surface area contributed by atoms with Crippen molar-refractivity contribution < 1.29 is 12.6 Å². The van der Waals surface area contributed by atoms with Crippen molar-refractivity contribution >= 4 is 20.9 Å². The molecule has 4 nitrogen and oxygen atoms in total. The van der Waals surface area contributed by atoms with Gasteiger partial charge in [-0.05, 0) is 18.4 Å². The van der Waals surface area contributed by atoms with Crippen molar-refractivity contribution in [1.29, 1.82) is 0 Å². The van der Waals surface area contributed by atoms with Gasteiger partial charge in [-0.15, -0.1) is 0 Å². The Morgan fingerprint density at radius 1 is 1.11 bits per heavy atom. The second-order valence-corrected chi connectivity index (χ2v) is 5.23. The first kappa shape index (κ1) is 14.2. The molecule has 0 atom stereocenters.